The van der Waals surface area contributed by atoms with Crippen molar-refractivity contribution in [2.45, 2.75) is 19.3 Å². The lowest BCUT2D eigenvalue weighted by molar-refractivity contribution is -0.131. The molecule has 0 aromatic carbocycles. The molecular weight excluding hydrogens is 320 g/mol. The van der Waals surface area contributed by atoms with E-state index >= 15 is 0 Å². The highest BCUT2D eigenvalue weighted by Gasteiger charge is 2.23. The van der Waals surface area contributed by atoms with E-state index < -0.39 is 0 Å². The van der Waals surface area contributed by atoms with Gasteiger partial charge in [0.05, 0.1) is 13.0 Å². The van der Waals surface area contributed by atoms with Crippen LogP contribution >= 0.6 is 34.9 Å². The third-order valence-electron chi connectivity index (χ3n) is 3.87. The minimum atomic E-state index is 0.291. The van der Waals surface area contributed by atoms with Gasteiger partial charge in [-0.15, -0.1) is 11.3 Å². The number of hydrogen-bond donors (Lipinski definition) is 0. The number of carbonyl (C=O) groups is 1. The van der Waals surface area contributed by atoms with Crippen molar-refractivity contribution >= 4 is 45.1 Å². The van der Waals surface area contributed by atoms with Gasteiger partial charge in [-0.3, -0.25) is 9.79 Å². The Labute approximate surface area is 138 Å². The first-order valence-corrected chi connectivity index (χ1v) is 10.3. The highest BCUT2D eigenvalue weighted by atomic mass is 32.2. The summed E-state index contributed by atoms with van der Waals surface area (Å²) in [6, 6.07) is 4.06. The molecule has 0 radical (unpaired) electrons. The molecule has 1 fully saturated rings. The van der Waals surface area contributed by atoms with E-state index in [0.29, 0.717) is 12.3 Å². The van der Waals surface area contributed by atoms with E-state index in [9.17, 15) is 4.79 Å². The zero-order chi connectivity index (χ0) is 14.5. The molecule has 114 valence electrons. The van der Waals surface area contributed by atoms with E-state index in [1.165, 1.54) is 15.0 Å². The molecule has 3 heterocycles. The molecule has 6 heteroatoms. The highest BCUT2D eigenvalue weighted by molar-refractivity contribution is 8.39. The average Bonchev–Trinajstić information content (AvgIpc) is 3.19. The minimum Gasteiger partial charge on any atom is -0.342 e. The molecule has 0 bridgehead atoms. The fourth-order valence-corrected chi connectivity index (χ4v) is 5.53. The summed E-state index contributed by atoms with van der Waals surface area (Å²) < 4.78 is 1.27. The first-order valence-electron chi connectivity index (χ1n) is 7.41. The fourth-order valence-electron chi connectivity index (χ4n) is 2.62. The van der Waals surface area contributed by atoms with E-state index in [1.807, 2.05) is 45.9 Å². The van der Waals surface area contributed by atoms with Crippen molar-refractivity contribution in [2.24, 2.45) is 10.9 Å². The number of carbonyl (C=O) groups excluding carboxylic acids is 1. The molecule has 1 aromatic heterocycles. The average molecular weight is 341 g/mol. The zero-order valence-corrected chi connectivity index (χ0v) is 14.4. The first-order chi connectivity index (χ1) is 10.3. The van der Waals surface area contributed by atoms with Crippen LogP contribution in [0.1, 0.15) is 17.7 Å². The van der Waals surface area contributed by atoms with Crippen molar-refractivity contribution in [3.63, 3.8) is 0 Å². The van der Waals surface area contributed by atoms with E-state index in [4.69, 9.17) is 0 Å². The molecular formula is C15H20N2OS3. The third kappa shape index (κ3) is 4.50. The van der Waals surface area contributed by atoms with Crippen molar-refractivity contribution in [3.8, 4) is 0 Å². The van der Waals surface area contributed by atoms with Gasteiger partial charge in [0.25, 0.3) is 0 Å². The van der Waals surface area contributed by atoms with Crippen LogP contribution in [-0.2, 0) is 11.2 Å². The largest absolute Gasteiger partial charge is 0.342 e. The minimum absolute atomic E-state index is 0.291. The van der Waals surface area contributed by atoms with Gasteiger partial charge in [-0.05, 0) is 30.2 Å². The lowest BCUT2D eigenvalue weighted by Crippen LogP contribution is -2.39. The molecule has 21 heavy (non-hydrogen) atoms. The lowest BCUT2D eigenvalue weighted by atomic mass is 9.99. The predicted molar refractivity (Wildman–Crippen MR) is 94.5 cm³/mol. The first kappa shape index (κ1) is 15.4. The Morgan fingerprint density at radius 2 is 2.29 bits per heavy atom. The van der Waals surface area contributed by atoms with Gasteiger partial charge < -0.3 is 4.90 Å². The number of hydrogen-bond acceptors (Lipinski definition) is 5. The zero-order valence-electron chi connectivity index (χ0n) is 12.0. The number of nitrogens with zero attached hydrogens (tertiary/aromatic N) is 2. The summed E-state index contributed by atoms with van der Waals surface area (Å²) in [4.78, 5) is 19.9. The quantitative estimate of drug-likeness (QED) is 0.842. The van der Waals surface area contributed by atoms with Gasteiger partial charge in [0, 0.05) is 29.5 Å². The topological polar surface area (TPSA) is 32.7 Å². The number of thiophene rings is 1. The van der Waals surface area contributed by atoms with Crippen molar-refractivity contribution in [1.82, 2.24) is 4.90 Å². The molecule has 3 rings (SSSR count). The van der Waals surface area contributed by atoms with Gasteiger partial charge >= 0.3 is 0 Å². The van der Waals surface area contributed by atoms with E-state index in [1.54, 1.807) is 11.3 Å². The molecule has 0 atom stereocenters. The molecule has 0 unspecified atom stereocenters. The number of amides is 1. The van der Waals surface area contributed by atoms with Crippen LogP contribution < -0.4 is 0 Å². The van der Waals surface area contributed by atoms with Crippen molar-refractivity contribution in [1.29, 1.82) is 0 Å². The Morgan fingerprint density at radius 3 is 2.95 bits per heavy atom. The van der Waals surface area contributed by atoms with Gasteiger partial charge in [0.2, 0.25) is 5.91 Å². The summed E-state index contributed by atoms with van der Waals surface area (Å²) >= 11 is 5.47. The third-order valence-corrected chi connectivity index (χ3v) is 7.23. The summed E-state index contributed by atoms with van der Waals surface area (Å²) in [5.74, 6) is 3.35. The highest BCUT2D eigenvalue weighted by Crippen LogP contribution is 2.28. The molecule has 1 aromatic rings. The fraction of sp³-hybridized carbons (Fsp3) is 0.600. The summed E-state index contributed by atoms with van der Waals surface area (Å²) in [5, 5.41) is 2.04. The van der Waals surface area contributed by atoms with Crippen LogP contribution in [0.2, 0.25) is 0 Å². The Bertz CT molecular complexity index is 493. The summed E-state index contributed by atoms with van der Waals surface area (Å²) in [6.07, 6.45) is 2.85. The SMILES string of the molecule is O=C(Cc1cccs1)N1CCC(CSC2=NCCS2)CC1. The van der Waals surface area contributed by atoms with Crippen LogP contribution in [0.4, 0.5) is 0 Å². The Kier molecular flexibility index (Phi) is 5.66. The van der Waals surface area contributed by atoms with Crippen molar-refractivity contribution < 1.29 is 4.79 Å². The Morgan fingerprint density at radius 1 is 1.43 bits per heavy atom. The number of piperidine rings is 1. The van der Waals surface area contributed by atoms with Crippen LogP contribution in [0.25, 0.3) is 0 Å². The van der Waals surface area contributed by atoms with Crippen LogP contribution in [-0.4, -0.2) is 46.3 Å². The molecule has 2 aliphatic heterocycles. The molecule has 0 aliphatic carbocycles. The van der Waals surface area contributed by atoms with Gasteiger partial charge in [0.1, 0.15) is 4.38 Å². The Balaban J connectivity index is 1.39. The second-order valence-electron chi connectivity index (χ2n) is 5.39. The monoisotopic (exact) mass is 340 g/mol. The molecule has 3 nitrogen and oxygen atoms in total. The number of thioether (sulfide) groups is 2. The van der Waals surface area contributed by atoms with Crippen LogP contribution in [0.3, 0.4) is 0 Å². The van der Waals surface area contributed by atoms with Crippen LogP contribution in [0.5, 0.6) is 0 Å². The van der Waals surface area contributed by atoms with E-state index in [2.05, 4.69) is 4.99 Å². The summed E-state index contributed by atoms with van der Waals surface area (Å²) in [7, 11) is 0. The molecule has 0 N–H and O–H groups in total. The lowest BCUT2D eigenvalue weighted by Gasteiger charge is -2.31. The number of aliphatic imine (C=N–C) groups is 1. The summed E-state index contributed by atoms with van der Waals surface area (Å²) in [6.45, 7) is 2.84. The summed E-state index contributed by atoms with van der Waals surface area (Å²) in [5.41, 5.74) is 0. The molecule has 2 aliphatic rings. The maximum absolute atomic E-state index is 12.2. The second-order valence-corrected chi connectivity index (χ2v) is 8.77. The smallest absolute Gasteiger partial charge is 0.227 e. The maximum atomic E-state index is 12.2. The second kappa shape index (κ2) is 7.70. The van der Waals surface area contributed by atoms with Gasteiger partial charge in [-0.25, -0.2) is 0 Å². The van der Waals surface area contributed by atoms with Crippen molar-refractivity contribution in [2.75, 3.05) is 31.1 Å². The number of rotatable bonds is 4. The van der Waals surface area contributed by atoms with Crippen LogP contribution in [0.15, 0.2) is 22.5 Å². The normalized spacial score (nSPS) is 19.8. The standard InChI is InChI=1S/C15H20N2OS3/c18-14(10-13-2-1-8-19-13)17-6-3-12(4-7-17)11-21-15-16-5-9-20-15/h1-2,8,12H,3-7,9-11H2. The molecule has 0 saturated carbocycles. The van der Waals surface area contributed by atoms with E-state index in [0.717, 1.165) is 44.1 Å². The van der Waals surface area contributed by atoms with Gasteiger partial charge in [-0.2, -0.15) is 0 Å². The maximum Gasteiger partial charge on any atom is 0.227 e. The predicted octanol–water partition coefficient (Wildman–Crippen LogP) is 3.37. The molecule has 1 saturated heterocycles. The molecule has 0 spiro atoms. The van der Waals surface area contributed by atoms with Crippen molar-refractivity contribution in [3.05, 3.63) is 22.4 Å². The van der Waals surface area contributed by atoms with Crippen LogP contribution in [0, 0.1) is 5.92 Å². The Hall–Kier alpha value is -0.460. The van der Waals surface area contributed by atoms with E-state index in [-0.39, 0.29) is 0 Å². The van der Waals surface area contributed by atoms with Gasteiger partial charge in [-0.1, -0.05) is 29.6 Å². The molecule has 1 amide bonds. The number of likely N-dealkylation sites (tertiary alicyclic amines) is 1. The van der Waals surface area contributed by atoms with Gasteiger partial charge in [0.15, 0.2) is 0 Å².